The van der Waals surface area contributed by atoms with Gasteiger partial charge in [-0.25, -0.2) is 0 Å². The van der Waals surface area contributed by atoms with Gasteiger partial charge in [-0.2, -0.15) is 4.98 Å². The lowest BCUT2D eigenvalue weighted by Crippen LogP contribution is -2.13. The monoisotopic (exact) mass is 327 g/mol. The number of carbonyl (C=O) groups is 1. The lowest BCUT2D eigenvalue weighted by Gasteiger charge is -2.03. The maximum absolute atomic E-state index is 12.6. The van der Waals surface area contributed by atoms with Gasteiger partial charge < -0.3 is 9.30 Å². The average molecular weight is 327 g/mol. The molecule has 0 aliphatic rings. The fourth-order valence-corrected chi connectivity index (χ4v) is 2.56. The van der Waals surface area contributed by atoms with Gasteiger partial charge in [-0.05, 0) is 6.07 Å². The summed E-state index contributed by atoms with van der Waals surface area (Å²) in [7, 11) is 1.66. The largest absolute Gasteiger partial charge is 0.383 e. The number of hydrogen-bond acceptors (Lipinski definition) is 4. The van der Waals surface area contributed by atoms with Crippen molar-refractivity contribution >= 4 is 22.8 Å². The van der Waals surface area contributed by atoms with Gasteiger partial charge in [0.2, 0.25) is 5.95 Å². The van der Waals surface area contributed by atoms with E-state index in [0.717, 1.165) is 16.7 Å². The number of rotatable bonds is 6. The zero-order valence-corrected chi connectivity index (χ0v) is 14.0. The number of nitrogens with one attached hydrogen (secondary N) is 2. The molecule has 0 bridgehead atoms. The number of H-pyrrole nitrogens is 1. The Balaban J connectivity index is 1.88. The number of aromatic nitrogens is 4. The van der Waals surface area contributed by atoms with Crippen molar-refractivity contribution < 1.29 is 9.53 Å². The number of amides is 1. The number of fused-ring (bicyclic) bond motifs is 1. The second-order valence-corrected chi connectivity index (χ2v) is 5.90. The molecule has 2 aromatic heterocycles. The van der Waals surface area contributed by atoms with Crippen LogP contribution in [0.15, 0.2) is 30.5 Å². The van der Waals surface area contributed by atoms with E-state index in [4.69, 9.17) is 4.74 Å². The van der Waals surface area contributed by atoms with E-state index in [1.54, 1.807) is 7.11 Å². The lowest BCUT2D eigenvalue weighted by atomic mass is 10.1. The highest BCUT2D eigenvalue weighted by Gasteiger charge is 2.17. The quantitative estimate of drug-likeness (QED) is 0.729. The Bertz CT molecular complexity index is 850. The van der Waals surface area contributed by atoms with E-state index >= 15 is 0 Å². The molecule has 7 nitrogen and oxygen atoms in total. The van der Waals surface area contributed by atoms with Crippen LogP contribution in [0.4, 0.5) is 5.95 Å². The minimum Gasteiger partial charge on any atom is -0.383 e. The highest BCUT2D eigenvalue weighted by Crippen LogP contribution is 2.22. The van der Waals surface area contributed by atoms with Gasteiger partial charge in [0, 0.05) is 36.7 Å². The predicted octanol–water partition coefficient (Wildman–Crippen LogP) is 2.78. The van der Waals surface area contributed by atoms with Crippen molar-refractivity contribution in [3.63, 3.8) is 0 Å². The fourth-order valence-electron chi connectivity index (χ4n) is 2.56. The summed E-state index contributed by atoms with van der Waals surface area (Å²) < 4.78 is 7.16. The fraction of sp³-hybridized carbons (Fsp3) is 0.353. The van der Waals surface area contributed by atoms with Crippen LogP contribution in [0.5, 0.6) is 0 Å². The minimum absolute atomic E-state index is 0.221. The summed E-state index contributed by atoms with van der Waals surface area (Å²) in [4.78, 5) is 16.9. The summed E-state index contributed by atoms with van der Waals surface area (Å²) in [6, 6.07) is 7.80. The van der Waals surface area contributed by atoms with Crippen molar-refractivity contribution in [1.29, 1.82) is 0 Å². The van der Waals surface area contributed by atoms with Crippen LogP contribution in [-0.2, 0) is 11.3 Å². The Morgan fingerprint density at radius 1 is 1.38 bits per heavy atom. The van der Waals surface area contributed by atoms with Gasteiger partial charge in [0.25, 0.3) is 5.91 Å². The van der Waals surface area contributed by atoms with E-state index in [0.29, 0.717) is 18.7 Å². The first-order valence-corrected chi connectivity index (χ1v) is 7.90. The van der Waals surface area contributed by atoms with Crippen LogP contribution in [-0.4, -0.2) is 39.4 Å². The van der Waals surface area contributed by atoms with Gasteiger partial charge in [0.15, 0.2) is 0 Å². The van der Waals surface area contributed by atoms with Crippen LogP contribution in [0.2, 0.25) is 0 Å². The molecule has 0 unspecified atom stereocenters. The zero-order valence-electron chi connectivity index (χ0n) is 14.0. The third-order valence-corrected chi connectivity index (χ3v) is 3.84. The van der Waals surface area contributed by atoms with Crippen molar-refractivity contribution in [3.8, 4) is 0 Å². The van der Waals surface area contributed by atoms with E-state index in [1.807, 2.05) is 48.9 Å². The van der Waals surface area contributed by atoms with Crippen molar-refractivity contribution in [2.24, 2.45) is 0 Å². The Hall–Kier alpha value is -2.67. The number of ether oxygens (including phenoxy) is 1. The normalized spacial score (nSPS) is 11.3. The summed E-state index contributed by atoms with van der Waals surface area (Å²) in [6.45, 7) is 5.28. The number of nitrogens with zero attached hydrogens (tertiary/aromatic N) is 3. The SMILES string of the molecule is COCCn1cc(C(=O)Nc2n[nH]c(C(C)C)n2)c2ccccc21. The first-order valence-electron chi connectivity index (χ1n) is 7.90. The number of methoxy groups -OCH3 is 1. The first-order chi connectivity index (χ1) is 11.6. The van der Waals surface area contributed by atoms with E-state index < -0.39 is 0 Å². The van der Waals surface area contributed by atoms with Crippen LogP contribution in [0.3, 0.4) is 0 Å². The molecule has 2 N–H and O–H groups in total. The Morgan fingerprint density at radius 2 is 2.17 bits per heavy atom. The second kappa shape index (κ2) is 6.84. The average Bonchev–Trinajstić information content (AvgIpc) is 3.18. The van der Waals surface area contributed by atoms with Crippen molar-refractivity contribution in [2.45, 2.75) is 26.3 Å². The van der Waals surface area contributed by atoms with Gasteiger partial charge >= 0.3 is 0 Å². The summed E-state index contributed by atoms with van der Waals surface area (Å²) in [6.07, 6.45) is 1.84. The van der Waals surface area contributed by atoms with Crippen LogP contribution in [0.25, 0.3) is 10.9 Å². The second-order valence-electron chi connectivity index (χ2n) is 5.90. The molecule has 126 valence electrons. The van der Waals surface area contributed by atoms with Gasteiger partial charge in [0.1, 0.15) is 5.82 Å². The minimum atomic E-state index is -0.225. The topological polar surface area (TPSA) is 84.8 Å². The van der Waals surface area contributed by atoms with Crippen molar-refractivity contribution in [3.05, 3.63) is 41.9 Å². The maximum atomic E-state index is 12.6. The number of benzene rings is 1. The standard InChI is InChI=1S/C17H21N5O2/c1-11(2)15-18-17(21-20-15)19-16(23)13-10-22(8-9-24-3)14-7-5-4-6-12(13)14/h4-7,10-11H,8-9H2,1-3H3,(H2,18,19,20,21,23). The highest BCUT2D eigenvalue weighted by atomic mass is 16.5. The summed E-state index contributed by atoms with van der Waals surface area (Å²) in [5, 5.41) is 10.5. The van der Waals surface area contributed by atoms with Crippen LogP contribution in [0, 0.1) is 0 Å². The zero-order chi connectivity index (χ0) is 17.1. The molecule has 0 atom stereocenters. The molecule has 0 fully saturated rings. The lowest BCUT2D eigenvalue weighted by molar-refractivity contribution is 0.102. The number of aromatic amines is 1. The molecular weight excluding hydrogens is 306 g/mol. The molecule has 3 aromatic rings. The molecule has 0 radical (unpaired) electrons. The van der Waals surface area contributed by atoms with Gasteiger partial charge in [-0.1, -0.05) is 32.0 Å². The van der Waals surface area contributed by atoms with E-state index in [1.165, 1.54) is 0 Å². The van der Waals surface area contributed by atoms with Gasteiger partial charge in [0.05, 0.1) is 12.2 Å². The summed E-state index contributed by atoms with van der Waals surface area (Å²) in [5.74, 6) is 1.03. The third kappa shape index (κ3) is 3.16. The van der Waals surface area contributed by atoms with Crippen LogP contribution < -0.4 is 5.32 Å². The molecule has 7 heteroatoms. The molecule has 0 aliphatic heterocycles. The van der Waals surface area contributed by atoms with Crippen molar-refractivity contribution in [2.75, 3.05) is 19.0 Å². The van der Waals surface area contributed by atoms with Gasteiger partial charge in [-0.15, -0.1) is 5.10 Å². The maximum Gasteiger partial charge on any atom is 0.260 e. The molecule has 1 aromatic carbocycles. The smallest absolute Gasteiger partial charge is 0.260 e. The van der Waals surface area contributed by atoms with Crippen LogP contribution >= 0.6 is 0 Å². The molecule has 0 saturated heterocycles. The third-order valence-electron chi connectivity index (χ3n) is 3.84. The number of carbonyl (C=O) groups excluding carboxylic acids is 1. The highest BCUT2D eigenvalue weighted by molar-refractivity contribution is 6.12. The van der Waals surface area contributed by atoms with E-state index in [9.17, 15) is 4.79 Å². The molecule has 1 amide bonds. The summed E-state index contributed by atoms with van der Waals surface area (Å²) in [5.41, 5.74) is 1.59. The molecule has 0 spiro atoms. The van der Waals surface area contributed by atoms with E-state index in [-0.39, 0.29) is 17.8 Å². The molecular formula is C17H21N5O2. The van der Waals surface area contributed by atoms with Gasteiger partial charge in [-0.3, -0.25) is 15.2 Å². The Labute approximate surface area is 140 Å². The summed E-state index contributed by atoms with van der Waals surface area (Å²) >= 11 is 0. The number of anilines is 1. The molecule has 2 heterocycles. The molecule has 3 rings (SSSR count). The van der Waals surface area contributed by atoms with Crippen molar-refractivity contribution in [1.82, 2.24) is 19.7 Å². The molecule has 24 heavy (non-hydrogen) atoms. The number of hydrogen-bond donors (Lipinski definition) is 2. The van der Waals surface area contributed by atoms with Crippen LogP contribution in [0.1, 0.15) is 35.9 Å². The predicted molar refractivity (Wildman–Crippen MR) is 92.2 cm³/mol. The molecule has 0 saturated carbocycles. The molecule has 0 aliphatic carbocycles. The Morgan fingerprint density at radius 3 is 2.88 bits per heavy atom. The first kappa shape index (κ1) is 16.2. The Kier molecular flexibility index (Phi) is 4.61. The van der Waals surface area contributed by atoms with E-state index in [2.05, 4.69) is 20.5 Å². The number of para-hydroxylation sites is 1.